The topological polar surface area (TPSA) is 79.8 Å². The number of thiazole rings is 1. The zero-order valence-corrected chi connectivity index (χ0v) is 21.2. The van der Waals surface area contributed by atoms with E-state index in [-0.39, 0.29) is 16.6 Å². The summed E-state index contributed by atoms with van der Waals surface area (Å²) in [6, 6.07) is 11.9. The van der Waals surface area contributed by atoms with Crippen LogP contribution >= 0.6 is 11.3 Å². The third-order valence-electron chi connectivity index (χ3n) is 5.52. The molecule has 33 heavy (non-hydrogen) atoms. The van der Waals surface area contributed by atoms with E-state index < -0.39 is 9.84 Å². The van der Waals surface area contributed by atoms with Gasteiger partial charge in [-0.05, 0) is 56.4 Å². The highest BCUT2D eigenvalue weighted by atomic mass is 32.2. The van der Waals surface area contributed by atoms with Crippen LogP contribution in [0, 0.1) is 0 Å². The molecule has 1 aromatic heterocycles. The number of fused-ring (bicyclic) bond motifs is 1. The first kappa shape index (κ1) is 25.1. The fourth-order valence-electron chi connectivity index (χ4n) is 3.49. The van der Waals surface area contributed by atoms with Crippen LogP contribution in [0.4, 0.5) is 5.13 Å². The van der Waals surface area contributed by atoms with Crippen LogP contribution in [0.1, 0.15) is 38.1 Å². The Bertz CT molecular complexity index is 1190. The molecule has 1 amide bonds. The number of benzene rings is 2. The smallest absolute Gasteiger partial charge is 0.260 e. The summed E-state index contributed by atoms with van der Waals surface area (Å²) in [5.41, 5.74) is 1.17. The van der Waals surface area contributed by atoms with Crippen LogP contribution < -0.4 is 9.64 Å². The van der Waals surface area contributed by atoms with Gasteiger partial charge in [-0.15, -0.1) is 0 Å². The lowest BCUT2D eigenvalue weighted by molar-refractivity contribution is 0.0983. The quantitative estimate of drug-likeness (QED) is 0.395. The van der Waals surface area contributed by atoms with Gasteiger partial charge in [-0.3, -0.25) is 9.69 Å². The van der Waals surface area contributed by atoms with E-state index in [4.69, 9.17) is 9.72 Å². The van der Waals surface area contributed by atoms with Crippen LogP contribution in [0.2, 0.25) is 0 Å². The fraction of sp³-hybridized carbons (Fsp3) is 0.417. The minimum Gasteiger partial charge on any atom is -0.492 e. The molecule has 0 fully saturated rings. The van der Waals surface area contributed by atoms with Gasteiger partial charge in [-0.25, -0.2) is 13.4 Å². The van der Waals surface area contributed by atoms with Crippen molar-refractivity contribution < 1.29 is 17.9 Å². The lowest BCUT2D eigenvalue weighted by Gasteiger charge is -2.24. The van der Waals surface area contributed by atoms with E-state index in [1.165, 1.54) is 23.5 Å². The van der Waals surface area contributed by atoms with Crippen LogP contribution in [-0.2, 0) is 9.84 Å². The molecule has 0 aliphatic heterocycles. The molecule has 3 aromatic rings. The molecule has 0 aliphatic rings. The molecule has 2 aromatic carbocycles. The summed E-state index contributed by atoms with van der Waals surface area (Å²) in [7, 11) is -3.32. The first-order valence-electron chi connectivity index (χ1n) is 11.2. The Hall–Kier alpha value is -2.49. The highest BCUT2D eigenvalue weighted by molar-refractivity contribution is 7.91. The van der Waals surface area contributed by atoms with Crippen LogP contribution in [0.5, 0.6) is 5.75 Å². The Morgan fingerprint density at radius 1 is 1.00 bits per heavy atom. The zero-order valence-electron chi connectivity index (χ0n) is 19.6. The minimum absolute atomic E-state index is 0.0180. The number of carbonyl (C=O) groups is 1. The lowest BCUT2D eigenvalue weighted by atomic mass is 10.2. The molecule has 7 nitrogen and oxygen atoms in total. The van der Waals surface area contributed by atoms with Crippen molar-refractivity contribution >= 4 is 42.4 Å². The summed E-state index contributed by atoms with van der Waals surface area (Å²) in [6.07, 6.45) is 0. The first-order valence-corrected chi connectivity index (χ1v) is 13.7. The Balaban J connectivity index is 1.98. The molecule has 3 rings (SSSR count). The maximum atomic E-state index is 13.5. The van der Waals surface area contributed by atoms with Gasteiger partial charge in [0.2, 0.25) is 0 Å². The van der Waals surface area contributed by atoms with Crippen molar-refractivity contribution in [1.82, 2.24) is 9.88 Å². The Kier molecular flexibility index (Phi) is 8.45. The lowest BCUT2D eigenvalue weighted by Crippen LogP contribution is -2.38. The van der Waals surface area contributed by atoms with Crippen molar-refractivity contribution in [3.8, 4) is 5.75 Å². The van der Waals surface area contributed by atoms with Crippen molar-refractivity contribution in [3.63, 3.8) is 0 Å². The molecule has 0 aliphatic carbocycles. The number of nitrogens with zero attached hydrogens (tertiary/aromatic N) is 3. The van der Waals surface area contributed by atoms with Gasteiger partial charge in [-0.1, -0.05) is 38.2 Å². The molecule has 0 saturated carbocycles. The third-order valence-corrected chi connectivity index (χ3v) is 8.32. The number of anilines is 1. The number of likely N-dealkylation sites (N-methyl/N-ethyl adjacent to an activating group) is 1. The van der Waals surface area contributed by atoms with E-state index in [1.54, 1.807) is 24.0 Å². The number of carbonyl (C=O) groups excluding carboxylic acids is 1. The summed E-state index contributed by atoms with van der Waals surface area (Å²) < 4.78 is 31.0. The van der Waals surface area contributed by atoms with Crippen molar-refractivity contribution in [2.24, 2.45) is 0 Å². The second-order valence-electron chi connectivity index (χ2n) is 7.44. The van der Waals surface area contributed by atoms with E-state index in [1.807, 2.05) is 25.1 Å². The van der Waals surface area contributed by atoms with Crippen molar-refractivity contribution in [1.29, 1.82) is 0 Å². The van der Waals surface area contributed by atoms with Crippen LogP contribution in [0.25, 0.3) is 10.2 Å². The molecule has 9 heteroatoms. The van der Waals surface area contributed by atoms with Gasteiger partial charge in [0.15, 0.2) is 15.0 Å². The molecule has 178 valence electrons. The Morgan fingerprint density at radius 2 is 1.70 bits per heavy atom. The number of hydrogen-bond acceptors (Lipinski definition) is 7. The summed E-state index contributed by atoms with van der Waals surface area (Å²) >= 11 is 1.45. The third kappa shape index (κ3) is 5.72. The number of amides is 1. The molecule has 1 heterocycles. The summed E-state index contributed by atoms with van der Waals surface area (Å²) in [4.78, 5) is 22.5. The van der Waals surface area contributed by atoms with Gasteiger partial charge in [0.05, 0.1) is 22.0 Å². The highest BCUT2D eigenvalue weighted by Gasteiger charge is 2.23. The van der Waals surface area contributed by atoms with Gasteiger partial charge in [0.1, 0.15) is 11.3 Å². The van der Waals surface area contributed by atoms with Gasteiger partial charge in [-0.2, -0.15) is 0 Å². The SMILES string of the molecule is CCOc1cccc2sc(N(CCN(CC)CC)C(=O)c3ccc(S(=O)(=O)CC)cc3)nc12. The van der Waals surface area contributed by atoms with E-state index >= 15 is 0 Å². The van der Waals surface area contributed by atoms with Crippen molar-refractivity contribution in [2.75, 3.05) is 43.4 Å². The average Bonchev–Trinajstić information content (AvgIpc) is 3.27. The van der Waals surface area contributed by atoms with E-state index in [9.17, 15) is 13.2 Å². The summed E-state index contributed by atoms with van der Waals surface area (Å²) in [6.45, 7) is 11.2. The Labute approximate surface area is 199 Å². The molecule has 0 bridgehead atoms. The van der Waals surface area contributed by atoms with Gasteiger partial charge in [0, 0.05) is 18.7 Å². The predicted octanol–water partition coefficient (Wildman–Crippen LogP) is 4.48. The zero-order chi connectivity index (χ0) is 24.0. The maximum Gasteiger partial charge on any atom is 0.260 e. The minimum atomic E-state index is -3.32. The van der Waals surface area contributed by atoms with Crippen LogP contribution in [0.3, 0.4) is 0 Å². The van der Waals surface area contributed by atoms with Crippen LogP contribution in [0.15, 0.2) is 47.4 Å². The largest absolute Gasteiger partial charge is 0.492 e. The standard InChI is InChI=1S/C24H31N3O4S2/c1-5-26(6-2)16-17-27(23(28)18-12-14-19(15-13-18)33(29,30)8-4)24-25-22-20(31-7-3)10-9-11-21(22)32-24/h9-15H,5-8,16-17H2,1-4H3. The first-order chi connectivity index (χ1) is 15.8. The van der Waals surface area contributed by atoms with Crippen LogP contribution in [-0.4, -0.2) is 62.7 Å². The number of rotatable bonds is 11. The van der Waals surface area contributed by atoms with E-state index in [0.717, 1.165) is 23.3 Å². The van der Waals surface area contributed by atoms with Gasteiger partial charge >= 0.3 is 0 Å². The highest BCUT2D eigenvalue weighted by Crippen LogP contribution is 2.34. The number of aromatic nitrogens is 1. The average molecular weight is 490 g/mol. The van der Waals surface area contributed by atoms with Crippen molar-refractivity contribution in [2.45, 2.75) is 32.6 Å². The molecule has 0 spiro atoms. The summed E-state index contributed by atoms with van der Waals surface area (Å²) in [5, 5.41) is 0.597. The maximum absolute atomic E-state index is 13.5. The number of ether oxygens (including phenoxy) is 1. The molecule has 0 N–H and O–H groups in total. The number of sulfone groups is 1. The molecule has 0 saturated heterocycles. The van der Waals surface area contributed by atoms with E-state index in [0.29, 0.717) is 36.1 Å². The fourth-order valence-corrected chi connectivity index (χ4v) is 5.38. The predicted molar refractivity (Wildman–Crippen MR) is 134 cm³/mol. The second-order valence-corrected chi connectivity index (χ2v) is 10.7. The normalized spacial score (nSPS) is 11.8. The number of para-hydroxylation sites is 1. The monoisotopic (exact) mass is 489 g/mol. The molecule has 0 atom stereocenters. The second kappa shape index (κ2) is 11.1. The van der Waals surface area contributed by atoms with E-state index in [2.05, 4.69) is 18.7 Å². The molecule has 0 unspecified atom stereocenters. The summed E-state index contributed by atoms with van der Waals surface area (Å²) in [5.74, 6) is 0.506. The molecular weight excluding hydrogens is 458 g/mol. The molecular formula is C24H31N3O4S2. The Morgan fingerprint density at radius 3 is 2.30 bits per heavy atom. The van der Waals surface area contributed by atoms with Crippen molar-refractivity contribution in [3.05, 3.63) is 48.0 Å². The molecule has 0 radical (unpaired) electrons. The van der Waals surface area contributed by atoms with Gasteiger partial charge in [0.25, 0.3) is 5.91 Å². The van der Waals surface area contributed by atoms with Gasteiger partial charge < -0.3 is 9.64 Å². The number of hydrogen-bond donors (Lipinski definition) is 0.